The molecule has 0 aromatic rings. The van der Waals surface area contributed by atoms with Crippen molar-refractivity contribution in [2.75, 3.05) is 6.54 Å². The van der Waals surface area contributed by atoms with Crippen LogP contribution >= 0.6 is 0 Å². The minimum Gasteiger partial charge on any atom is -0.354 e. The molecule has 1 fully saturated rings. The zero-order valence-corrected chi connectivity index (χ0v) is 8.45. The molecule has 1 N–H and O–H groups in total. The van der Waals surface area contributed by atoms with Gasteiger partial charge in [-0.1, -0.05) is 0 Å². The first-order valence-corrected chi connectivity index (χ1v) is 4.95. The van der Waals surface area contributed by atoms with Gasteiger partial charge in [0.05, 0.1) is 0 Å². The topological polar surface area (TPSA) is 66.5 Å². The highest BCUT2D eigenvalue weighted by Gasteiger charge is 2.39. The van der Waals surface area contributed by atoms with Crippen LogP contribution in [-0.4, -0.2) is 35.2 Å². The van der Waals surface area contributed by atoms with Gasteiger partial charge < -0.3 is 5.32 Å². The van der Waals surface area contributed by atoms with Crippen LogP contribution in [-0.2, 0) is 14.4 Å². The van der Waals surface area contributed by atoms with Crippen molar-refractivity contribution in [3.05, 3.63) is 11.6 Å². The minimum absolute atomic E-state index is 0.231. The Hall–Kier alpha value is -1.65. The van der Waals surface area contributed by atoms with Crippen LogP contribution in [0.25, 0.3) is 0 Å². The molecule has 2 aliphatic rings. The lowest BCUT2D eigenvalue weighted by atomic mass is 10.1. The zero-order valence-electron chi connectivity index (χ0n) is 8.45. The van der Waals surface area contributed by atoms with Gasteiger partial charge in [0, 0.05) is 18.2 Å². The number of piperidine rings is 1. The molecule has 0 aromatic heterocycles. The van der Waals surface area contributed by atoms with Crippen LogP contribution in [0, 0.1) is 0 Å². The van der Waals surface area contributed by atoms with Crippen molar-refractivity contribution in [2.45, 2.75) is 25.8 Å². The van der Waals surface area contributed by atoms with E-state index < -0.39 is 6.04 Å². The Bertz CT molecular complexity index is 373. The van der Waals surface area contributed by atoms with Crippen molar-refractivity contribution in [2.24, 2.45) is 0 Å². The van der Waals surface area contributed by atoms with E-state index in [0.717, 1.165) is 11.3 Å². The fourth-order valence-electron chi connectivity index (χ4n) is 1.90. The average Bonchev–Trinajstić information content (AvgIpc) is 2.43. The van der Waals surface area contributed by atoms with Gasteiger partial charge in [-0.15, -0.1) is 0 Å². The highest BCUT2D eigenvalue weighted by Crippen LogP contribution is 2.20. The van der Waals surface area contributed by atoms with Crippen molar-refractivity contribution in [1.29, 1.82) is 0 Å². The van der Waals surface area contributed by atoms with Gasteiger partial charge in [-0.05, 0) is 19.8 Å². The van der Waals surface area contributed by atoms with Crippen LogP contribution < -0.4 is 5.32 Å². The highest BCUT2D eigenvalue weighted by atomic mass is 16.2. The Kier molecular flexibility index (Phi) is 2.30. The lowest BCUT2D eigenvalue weighted by molar-refractivity contribution is -0.146. The quantitative estimate of drug-likeness (QED) is 0.595. The molecule has 0 aliphatic carbocycles. The standard InChI is InChI=1S/C10H12N2O3/c1-6-5-8(13)12(10(6)15)7-3-2-4-11-9(7)14/h5,7H,2-4H2,1H3,(H,11,14). The lowest BCUT2D eigenvalue weighted by Crippen LogP contribution is -2.52. The van der Waals surface area contributed by atoms with Gasteiger partial charge >= 0.3 is 0 Å². The molecule has 5 heteroatoms. The molecule has 2 aliphatic heterocycles. The smallest absolute Gasteiger partial charge is 0.257 e. The second-order valence-corrected chi connectivity index (χ2v) is 3.79. The van der Waals surface area contributed by atoms with Crippen LogP contribution in [0.15, 0.2) is 11.6 Å². The van der Waals surface area contributed by atoms with Gasteiger partial charge in [0.2, 0.25) is 5.91 Å². The van der Waals surface area contributed by atoms with Crippen molar-refractivity contribution < 1.29 is 14.4 Å². The lowest BCUT2D eigenvalue weighted by Gasteiger charge is -2.28. The third-order valence-electron chi connectivity index (χ3n) is 2.70. The SMILES string of the molecule is CC1=CC(=O)N(C2CCCNC2=O)C1=O. The fourth-order valence-corrected chi connectivity index (χ4v) is 1.90. The number of amides is 3. The Morgan fingerprint density at radius 3 is 2.67 bits per heavy atom. The summed E-state index contributed by atoms with van der Waals surface area (Å²) in [5, 5.41) is 2.66. The van der Waals surface area contributed by atoms with E-state index in [9.17, 15) is 14.4 Å². The predicted octanol–water partition coefficient (Wildman–Crippen LogP) is -0.420. The second kappa shape index (κ2) is 3.49. The number of nitrogens with zero attached hydrogens (tertiary/aromatic N) is 1. The number of carbonyl (C=O) groups excluding carboxylic acids is 3. The molecule has 2 rings (SSSR count). The molecular formula is C10H12N2O3. The van der Waals surface area contributed by atoms with Gasteiger partial charge in [0.1, 0.15) is 6.04 Å². The third-order valence-corrected chi connectivity index (χ3v) is 2.70. The Labute approximate surface area is 87.1 Å². The summed E-state index contributed by atoms with van der Waals surface area (Å²) >= 11 is 0. The van der Waals surface area contributed by atoms with E-state index in [1.165, 1.54) is 6.08 Å². The monoisotopic (exact) mass is 208 g/mol. The van der Waals surface area contributed by atoms with Gasteiger partial charge in [-0.25, -0.2) is 0 Å². The molecule has 1 atom stereocenters. The molecule has 5 nitrogen and oxygen atoms in total. The Morgan fingerprint density at radius 1 is 1.40 bits per heavy atom. The summed E-state index contributed by atoms with van der Waals surface area (Å²) in [6, 6.07) is -0.618. The first kappa shape index (κ1) is 9.89. The molecule has 0 bridgehead atoms. The first-order valence-electron chi connectivity index (χ1n) is 4.95. The summed E-state index contributed by atoms with van der Waals surface area (Å²) < 4.78 is 0. The summed E-state index contributed by atoms with van der Waals surface area (Å²) in [5.74, 6) is -0.951. The molecule has 15 heavy (non-hydrogen) atoms. The van der Waals surface area contributed by atoms with Crippen molar-refractivity contribution in [1.82, 2.24) is 10.2 Å². The largest absolute Gasteiger partial charge is 0.354 e. The zero-order chi connectivity index (χ0) is 11.0. The highest BCUT2D eigenvalue weighted by molar-refractivity contribution is 6.17. The summed E-state index contributed by atoms with van der Waals surface area (Å²) in [4.78, 5) is 35.7. The van der Waals surface area contributed by atoms with Crippen LogP contribution in [0.5, 0.6) is 0 Å². The van der Waals surface area contributed by atoms with E-state index in [4.69, 9.17) is 0 Å². The van der Waals surface area contributed by atoms with E-state index in [1.807, 2.05) is 0 Å². The summed E-state index contributed by atoms with van der Waals surface area (Å²) in [5.41, 5.74) is 0.401. The van der Waals surface area contributed by atoms with Gasteiger partial charge in [0.25, 0.3) is 11.8 Å². The second-order valence-electron chi connectivity index (χ2n) is 3.79. The number of nitrogens with one attached hydrogen (secondary N) is 1. The molecule has 2 heterocycles. The maximum absolute atomic E-state index is 11.6. The van der Waals surface area contributed by atoms with Crippen LogP contribution in [0.3, 0.4) is 0 Å². The average molecular weight is 208 g/mol. The maximum atomic E-state index is 11.6. The fraction of sp³-hybridized carbons (Fsp3) is 0.500. The van der Waals surface area contributed by atoms with Crippen molar-refractivity contribution in [3.8, 4) is 0 Å². The normalized spacial score (nSPS) is 26.7. The van der Waals surface area contributed by atoms with Crippen LogP contribution in [0.1, 0.15) is 19.8 Å². The molecule has 1 unspecified atom stereocenters. The summed E-state index contributed by atoms with van der Waals surface area (Å²) in [7, 11) is 0. The van der Waals surface area contributed by atoms with E-state index in [1.54, 1.807) is 6.92 Å². The summed E-state index contributed by atoms with van der Waals surface area (Å²) in [6.07, 6.45) is 2.64. The predicted molar refractivity (Wildman–Crippen MR) is 51.6 cm³/mol. The van der Waals surface area contributed by atoms with Gasteiger partial charge in [-0.2, -0.15) is 0 Å². The van der Waals surface area contributed by atoms with E-state index >= 15 is 0 Å². The summed E-state index contributed by atoms with van der Waals surface area (Å²) in [6.45, 7) is 2.21. The molecular weight excluding hydrogens is 196 g/mol. The van der Waals surface area contributed by atoms with Crippen LogP contribution in [0.4, 0.5) is 0 Å². The van der Waals surface area contributed by atoms with Gasteiger partial charge in [0.15, 0.2) is 0 Å². The first-order chi connectivity index (χ1) is 7.11. The third kappa shape index (κ3) is 1.54. The number of hydrogen-bond acceptors (Lipinski definition) is 3. The van der Waals surface area contributed by atoms with E-state index in [-0.39, 0.29) is 17.7 Å². The van der Waals surface area contributed by atoms with Crippen LogP contribution in [0.2, 0.25) is 0 Å². The van der Waals surface area contributed by atoms with Crippen molar-refractivity contribution >= 4 is 17.7 Å². The van der Waals surface area contributed by atoms with E-state index in [0.29, 0.717) is 18.5 Å². The molecule has 0 radical (unpaired) electrons. The number of hydrogen-bond donors (Lipinski definition) is 1. The molecule has 0 saturated carbocycles. The van der Waals surface area contributed by atoms with Gasteiger partial charge in [-0.3, -0.25) is 19.3 Å². The molecule has 0 aromatic carbocycles. The van der Waals surface area contributed by atoms with E-state index in [2.05, 4.69) is 5.32 Å². The minimum atomic E-state index is -0.618. The number of carbonyl (C=O) groups is 3. The molecule has 1 saturated heterocycles. The Morgan fingerprint density at radius 2 is 2.13 bits per heavy atom. The Balaban J connectivity index is 2.21. The molecule has 3 amide bonds. The maximum Gasteiger partial charge on any atom is 0.257 e. The number of imide groups is 1. The molecule has 80 valence electrons. The van der Waals surface area contributed by atoms with Crippen molar-refractivity contribution in [3.63, 3.8) is 0 Å². The molecule has 0 spiro atoms. The number of rotatable bonds is 1.